The molecule has 0 spiro atoms. The number of hydrogen-bond acceptors (Lipinski definition) is 3. The standard InChI is InChI=1S/C14H11B2NO3S/c15-10-3-1-5-12(7-10)21(20,17-9-14(18)19)13-6-2-4-11(16)8-13/h1-8H,9H2,(H,18,19). The molecule has 2 aromatic carbocycles. The number of carboxylic acid groups (broad SMARTS) is 1. The Morgan fingerprint density at radius 1 is 1.05 bits per heavy atom. The summed E-state index contributed by atoms with van der Waals surface area (Å²) >= 11 is 0. The average molecular weight is 295 g/mol. The van der Waals surface area contributed by atoms with Crippen molar-refractivity contribution in [3.05, 3.63) is 48.5 Å². The predicted molar refractivity (Wildman–Crippen MR) is 83.3 cm³/mol. The molecule has 0 saturated carbocycles. The van der Waals surface area contributed by atoms with Crippen LogP contribution in [0.4, 0.5) is 0 Å². The SMILES string of the molecule is [B]c1cccc(S(=O)(=NCC(=O)O)c2cccc([B])c2)c1. The van der Waals surface area contributed by atoms with Crippen molar-refractivity contribution >= 4 is 42.3 Å². The van der Waals surface area contributed by atoms with Gasteiger partial charge >= 0.3 is 5.97 Å². The summed E-state index contributed by atoms with van der Waals surface area (Å²) in [5, 5.41) is 8.81. The van der Waals surface area contributed by atoms with Crippen LogP contribution in [0, 0.1) is 0 Å². The predicted octanol–water partition coefficient (Wildman–Crippen LogP) is 0.245. The van der Waals surface area contributed by atoms with Gasteiger partial charge in [0, 0.05) is 0 Å². The van der Waals surface area contributed by atoms with Gasteiger partial charge in [0.1, 0.15) is 32.0 Å². The summed E-state index contributed by atoms with van der Waals surface area (Å²) < 4.78 is 17.2. The molecule has 4 nitrogen and oxygen atoms in total. The fourth-order valence-corrected chi connectivity index (χ4v) is 3.78. The van der Waals surface area contributed by atoms with E-state index in [1.165, 1.54) is 12.1 Å². The van der Waals surface area contributed by atoms with Crippen LogP contribution in [0.25, 0.3) is 0 Å². The second kappa shape index (κ2) is 6.18. The third-order valence-corrected chi connectivity index (χ3v) is 5.02. The van der Waals surface area contributed by atoms with Gasteiger partial charge in [-0.15, -0.1) is 0 Å². The molecule has 0 aromatic heterocycles. The second-order valence-corrected chi connectivity index (χ2v) is 6.60. The maximum Gasteiger partial charge on any atom is 0.326 e. The topological polar surface area (TPSA) is 66.7 Å². The first kappa shape index (κ1) is 15.4. The van der Waals surface area contributed by atoms with E-state index in [1.807, 2.05) is 0 Å². The first-order valence-electron chi connectivity index (χ1n) is 6.08. The van der Waals surface area contributed by atoms with Crippen molar-refractivity contribution in [1.29, 1.82) is 0 Å². The van der Waals surface area contributed by atoms with Crippen LogP contribution in [0.2, 0.25) is 0 Å². The molecule has 0 saturated heterocycles. The maximum absolute atomic E-state index is 13.3. The van der Waals surface area contributed by atoms with E-state index in [0.29, 0.717) is 20.7 Å². The molecule has 0 bridgehead atoms. The molecule has 21 heavy (non-hydrogen) atoms. The highest BCUT2D eigenvalue weighted by molar-refractivity contribution is 7.93. The lowest BCUT2D eigenvalue weighted by atomic mass is 9.97. The van der Waals surface area contributed by atoms with Crippen molar-refractivity contribution < 1.29 is 14.1 Å². The normalized spacial score (nSPS) is 11.0. The minimum absolute atomic E-state index is 0.356. The van der Waals surface area contributed by atoms with Crippen molar-refractivity contribution in [2.75, 3.05) is 6.54 Å². The van der Waals surface area contributed by atoms with Crippen LogP contribution in [0.15, 0.2) is 62.7 Å². The van der Waals surface area contributed by atoms with E-state index in [9.17, 15) is 9.00 Å². The van der Waals surface area contributed by atoms with E-state index in [-0.39, 0.29) is 0 Å². The molecule has 0 heterocycles. The Kier molecular flexibility index (Phi) is 4.53. The van der Waals surface area contributed by atoms with Gasteiger partial charge in [-0.3, -0.25) is 4.79 Å². The van der Waals surface area contributed by atoms with Gasteiger partial charge in [-0.2, -0.15) is 0 Å². The maximum atomic E-state index is 13.3. The highest BCUT2D eigenvalue weighted by Gasteiger charge is 2.16. The fraction of sp³-hybridized carbons (Fsp3) is 0.0714. The Morgan fingerprint density at radius 2 is 1.52 bits per heavy atom. The van der Waals surface area contributed by atoms with Gasteiger partial charge in [0.2, 0.25) is 0 Å². The van der Waals surface area contributed by atoms with E-state index >= 15 is 0 Å². The van der Waals surface area contributed by atoms with Crippen molar-refractivity contribution in [2.45, 2.75) is 9.79 Å². The van der Waals surface area contributed by atoms with E-state index in [0.717, 1.165) is 0 Å². The van der Waals surface area contributed by atoms with Gasteiger partial charge in [-0.05, 0) is 12.1 Å². The molecule has 0 aliphatic carbocycles. The summed E-state index contributed by atoms with van der Waals surface area (Å²) in [6.07, 6.45) is 0. The summed E-state index contributed by atoms with van der Waals surface area (Å²) in [6.45, 7) is -0.567. The molecule has 2 aromatic rings. The van der Waals surface area contributed by atoms with Gasteiger partial charge < -0.3 is 5.11 Å². The van der Waals surface area contributed by atoms with Crippen LogP contribution in [0.3, 0.4) is 0 Å². The molecule has 2 rings (SSSR count). The van der Waals surface area contributed by atoms with Crippen molar-refractivity contribution in [2.24, 2.45) is 4.36 Å². The summed E-state index contributed by atoms with van der Waals surface area (Å²) in [4.78, 5) is 11.5. The van der Waals surface area contributed by atoms with Crippen molar-refractivity contribution in [3.63, 3.8) is 0 Å². The molecular weight excluding hydrogens is 284 g/mol. The molecule has 0 aliphatic heterocycles. The molecule has 1 N–H and O–H groups in total. The largest absolute Gasteiger partial charge is 0.480 e. The zero-order chi connectivity index (χ0) is 15.5. The Bertz CT molecular complexity index is 747. The summed E-state index contributed by atoms with van der Waals surface area (Å²) in [5.41, 5.74) is 0.851. The first-order valence-corrected chi connectivity index (χ1v) is 7.59. The van der Waals surface area contributed by atoms with Crippen LogP contribution in [-0.2, 0) is 14.5 Å². The summed E-state index contributed by atoms with van der Waals surface area (Å²) in [5.74, 6) is -1.16. The quantitative estimate of drug-likeness (QED) is 0.822. The Morgan fingerprint density at radius 3 is 1.90 bits per heavy atom. The van der Waals surface area contributed by atoms with Crippen molar-refractivity contribution in [1.82, 2.24) is 0 Å². The lowest BCUT2D eigenvalue weighted by molar-refractivity contribution is -0.135. The Labute approximate surface area is 126 Å². The minimum Gasteiger partial charge on any atom is -0.480 e. The highest BCUT2D eigenvalue weighted by atomic mass is 32.2. The van der Waals surface area contributed by atoms with Crippen LogP contribution in [0.5, 0.6) is 0 Å². The van der Waals surface area contributed by atoms with Crippen LogP contribution >= 0.6 is 0 Å². The van der Waals surface area contributed by atoms with Gasteiger partial charge in [0.25, 0.3) is 0 Å². The molecule has 0 aliphatic rings. The smallest absolute Gasteiger partial charge is 0.326 e. The van der Waals surface area contributed by atoms with Crippen molar-refractivity contribution in [3.8, 4) is 0 Å². The lowest BCUT2D eigenvalue weighted by Gasteiger charge is -2.12. The minimum atomic E-state index is -3.10. The number of carbonyl (C=O) groups is 1. The van der Waals surface area contributed by atoms with Gasteiger partial charge in [0.15, 0.2) is 0 Å². The zero-order valence-corrected chi connectivity index (χ0v) is 11.9. The fourth-order valence-electron chi connectivity index (χ4n) is 1.80. The first-order chi connectivity index (χ1) is 9.91. The van der Waals surface area contributed by atoms with Crippen LogP contribution in [0.1, 0.15) is 0 Å². The van der Waals surface area contributed by atoms with Gasteiger partial charge in [0.05, 0.1) is 9.79 Å². The summed E-state index contributed by atoms with van der Waals surface area (Å²) in [7, 11) is 8.32. The lowest BCUT2D eigenvalue weighted by Crippen LogP contribution is -2.13. The molecule has 0 fully saturated rings. The molecule has 0 amide bonds. The Balaban J connectivity index is 2.68. The number of nitrogens with zero attached hydrogens (tertiary/aromatic N) is 1. The monoisotopic (exact) mass is 295 g/mol. The molecule has 7 heteroatoms. The van der Waals surface area contributed by atoms with E-state index < -0.39 is 22.2 Å². The molecular formula is C14H11B2NO3S. The zero-order valence-electron chi connectivity index (χ0n) is 11.1. The molecule has 0 atom stereocenters. The number of hydrogen-bond donors (Lipinski definition) is 1. The second-order valence-electron chi connectivity index (χ2n) is 4.35. The molecule has 0 unspecified atom stereocenters. The Hall–Kier alpha value is -2.01. The highest BCUT2D eigenvalue weighted by Crippen LogP contribution is 2.22. The number of aliphatic carboxylic acids is 1. The van der Waals surface area contributed by atoms with Gasteiger partial charge in [-0.25, -0.2) is 8.57 Å². The molecule has 102 valence electrons. The third-order valence-electron chi connectivity index (χ3n) is 2.74. The average Bonchev–Trinajstić information content (AvgIpc) is 2.44. The number of benzene rings is 2. The van der Waals surface area contributed by atoms with E-state index in [1.54, 1.807) is 36.4 Å². The van der Waals surface area contributed by atoms with Gasteiger partial charge in [-0.1, -0.05) is 47.3 Å². The van der Waals surface area contributed by atoms with E-state index in [4.69, 9.17) is 20.8 Å². The van der Waals surface area contributed by atoms with Crippen LogP contribution in [-0.4, -0.2) is 37.5 Å². The number of rotatable bonds is 4. The third kappa shape index (κ3) is 3.55. The van der Waals surface area contributed by atoms with Crippen LogP contribution < -0.4 is 10.9 Å². The van der Waals surface area contributed by atoms with E-state index in [2.05, 4.69) is 4.36 Å². The summed E-state index contributed by atoms with van der Waals surface area (Å²) in [6, 6.07) is 12.9. The molecule has 4 radical (unpaired) electrons. The number of carboxylic acids is 1.